The Morgan fingerprint density at radius 2 is 1.17 bits per heavy atom. The summed E-state index contributed by atoms with van der Waals surface area (Å²) in [5.41, 5.74) is 20.0. The number of nitrogens with zero attached hydrogens (tertiary/aromatic N) is 8. The van der Waals surface area contributed by atoms with Crippen LogP contribution in [0.1, 0.15) is 56.7 Å². The van der Waals surface area contributed by atoms with Crippen LogP contribution in [0, 0.1) is 13.8 Å². The zero-order valence-corrected chi connectivity index (χ0v) is 35.9. The zero-order valence-electron chi connectivity index (χ0n) is 32.7. The van der Waals surface area contributed by atoms with Crippen molar-refractivity contribution in [1.29, 1.82) is 0 Å². The van der Waals surface area contributed by atoms with Gasteiger partial charge in [0.1, 0.15) is 46.5 Å². The summed E-state index contributed by atoms with van der Waals surface area (Å²) in [5, 5.41) is 36.4. The molecule has 18 heteroatoms. The molecule has 2 aliphatic rings. The first-order chi connectivity index (χ1) is 29.1. The van der Waals surface area contributed by atoms with Gasteiger partial charge >= 0.3 is 7.12 Å². The summed E-state index contributed by atoms with van der Waals surface area (Å²) in [7, 11) is -1.46. The second-order valence-electron chi connectivity index (χ2n) is 14.0. The number of anilines is 2. The number of ether oxygens (including phenoxy) is 2. The average Bonchev–Trinajstić information content (AvgIpc) is 3.92. The maximum Gasteiger partial charge on any atom is 0.490 e. The molecule has 0 saturated heterocycles. The maximum absolute atomic E-state index is 8.59. The summed E-state index contributed by atoms with van der Waals surface area (Å²) < 4.78 is 17.2. The number of aromatic nitrogens is 8. The number of rotatable bonds is 6. The second-order valence-corrected chi connectivity index (χ2v) is 17.3. The molecule has 60 heavy (non-hydrogen) atoms. The SMILES string of the molecule is Cc1nnc2n1-c1sc(-c3ccc(N)nc3)c(Cc3ccccc3)c1COC2.Cc1nnc2n1-c1sc(Br)c(Cc3ccccc3)c1COC2.Nc1ccc(B(O)O)cn1. The van der Waals surface area contributed by atoms with Crippen LogP contribution < -0.4 is 16.9 Å². The van der Waals surface area contributed by atoms with Crippen LogP contribution in [0.2, 0.25) is 0 Å². The molecule has 6 N–H and O–H groups in total. The molecule has 0 bridgehead atoms. The lowest BCUT2D eigenvalue weighted by atomic mass is 9.82. The van der Waals surface area contributed by atoms with E-state index < -0.39 is 7.12 Å². The first-order valence-corrected chi connectivity index (χ1v) is 21.4. The fourth-order valence-corrected chi connectivity index (χ4v) is 10.3. The average molecular weight is 904 g/mol. The highest BCUT2D eigenvalue weighted by atomic mass is 79.9. The number of thiophene rings is 2. The van der Waals surface area contributed by atoms with Gasteiger partial charge in [0.05, 0.1) is 17.0 Å². The summed E-state index contributed by atoms with van der Waals surface area (Å²) >= 11 is 7.20. The molecule has 0 saturated carbocycles. The summed E-state index contributed by atoms with van der Waals surface area (Å²) in [6.45, 7) is 6.10. The van der Waals surface area contributed by atoms with Gasteiger partial charge in [-0.15, -0.1) is 43.1 Å². The fraction of sp³-hybridized carbons (Fsp3) is 0.190. The van der Waals surface area contributed by atoms with Gasteiger partial charge in [-0.3, -0.25) is 9.13 Å². The van der Waals surface area contributed by atoms with Gasteiger partial charge in [0, 0.05) is 39.4 Å². The number of benzene rings is 2. The smallest absolute Gasteiger partial charge is 0.423 e. The van der Waals surface area contributed by atoms with Crippen LogP contribution in [0.4, 0.5) is 11.6 Å². The highest BCUT2D eigenvalue weighted by Gasteiger charge is 2.27. The van der Waals surface area contributed by atoms with Crippen LogP contribution in [0.5, 0.6) is 0 Å². The molecule has 0 spiro atoms. The molecule has 0 aliphatic carbocycles. The van der Waals surface area contributed by atoms with E-state index in [1.807, 2.05) is 44.3 Å². The Kier molecular flexibility index (Phi) is 12.6. The van der Waals surface area contributed by atoms with E-state index >= 15 is 0 Å². The summed E-state index contributed by atoms with van der Waals surface area (Å²) in [6.07, 6.45) is 4.88. The molecule has 0 unspecified atom stereocenters. The van der Waals surface area contributed by atoms with Gasteiger partial charge in [0.15, 0.2) is 11.6 Å². The van der Waals surface area contributed by atoms with Crippen LogP contribution in [0.25, 0.3) is 20.4 Å². The Hall–Kier alpha value is -5.60. The quantitative estimate of drug-likeness (QED) is 0.137. The number of hydrogen-bond donors (Lipinski definition) is 4. The second kappa shape index (κ2) is 18.3. The van der Waals surface area contributed by atoms with Crippen molar-refractivity contribution in [2.45, 2.75) is 53.1 Å². The third-order valence-electron chi connectivity index (χ3n) is 9.89. The number of aryl methyl sites for hydroxylation is 2. The summed E-state index contributed by atoms with van der Waals surface area (Å²) in [5.74, 6) is 4.37. The fourth-order valence-electron chi connectivity index (χ4n) is 6.92. The van der Waals surface area contributed by atoms with Crippen molar-refractivity contribution >= 4 is 62.8 Å². The van der Waals surface area contributed by atoms with Crippen molar-refractivity contribution in [2.24, 2.45) is 0 Å². The van der Waals surface area contributed by atoms with Crippen molar-refractivity contribution in [1.82, 2.24) is 39.5 Å². The normalized spacial score (nSPS) is 12.6. The van der Waals surface area contributed by atoms with E-state index in [0.29, 0.717) is 43.5 Å². The molecule has 0 amide bonds. The van der Waals surface area contributed by atoms with E-state index in [4.69, 9.17) is 31.0 Å². The number of halogens is 1. The van der Waals surface area contributed by atoms with E-state index in [0.717, 1.165) is 50.5 Å². The van der Waals surface area contributed by atoms with Crippen LogP contribution in [0.15, 0.2) is 101 Å². The minimum atomic E-state index is -1.46. The van der Waals surface area contributed by atoms with Crippen molar-refractivity contribution in [3.05, 3.63) is 158 Å². The third kappa shape index (κ3) is 8.95. The van der Waals surface area contributed by atoms with Crippen LogP contribution >= 0.6 is 38.6 Å². The van der Waals surface area contributed by atoms with E-state index in [9.17, 15) is 0 Å². The van der Waals surface area contributed by atoms with Gasteiger partial charge in [-0.1, -0.05) is 66.7 Å². The molecule has 304 valence electrons. The minimum absolute atomic E-state index is 0.342. The zero-order chi connectivity index (χ0) is 41.8. The lowest BCUT2D eigenvalue weighted by Gasteiger charge is -2.09. The Morgan fingerprint density at radius 3 is 1.68 bits per heavy atom. The van der Waals surface area contributed by atoms with Crippen molar-refractivity contribution < 1.29 is 19.5 Å². The monoisotopic (exact) mass is 902 g/mol. The van der Waals surface area contributed by atoms with Crippen LogP contribution in [-0.2, 0) is 48.7 Å². The summed E-state index contributed by atoms with van der Waals surface area (Å²) in [6, 6.07) is 27.9. The molecule has 8 aromatic rings. The molecular formula is C42H40BBrN10O4S2. The number of hydrogen-bond acceptors (Lipinski definition) is 14. The van der Waals surface area contributed by atoms with Crippen LogP contribution in [-0.4, -0.2) is 56.7 Å². The first-order valence-electron chi connectivity index (χ1n) is 18.9. The van der Waals surface area contributed by atoms with Gasteiger partial charge in [-0.05, 0) is 83.1 Å². The van der Waals surface area contributed by atoms with E-state index in [1.165, 1.54) is 61.6 Å². The topological polar surface area (TPSA) is 198 Å². The molecule has 8 heterocycles. The van der Waals surface area contributed by atoms with Gasteiger partial charge in [0.2, 0.25) is 0 Å². The van der Waals surface area contributed by atoms with Gasteiger partial charge in [-0.25, -0.2) is 9.97 Å². The first kappa shape index (κ1) is 41.2. The Balaban J connectivity index is 0.000000138. The largest absolute Gasteiger partial charge is 0.490 e. The Morgan fingerprint density at radius 1 is 0.650 bits per heavy atom. The molecule has 0 radical (unpaired) electrons. The highest BCUT2D eigenvalue weighted by molar-refractivity contribution is 9.11. The van der Waals surface area contributed by atoms with Crippen molar-refractivity contribution in [3.63, 3.8) is 0 Å². The molecular weight excluding hydrogens is 863 g/mol. The molecule has 14 nitrogen and oxygen atoms in total. The molecule has 0 atom stereocenters. The number of nitrogens with two attached hydrogens (primary N) is 2. The number of fused-ring (bicyclic) bond motifs is 6. The predicted molar refractivity (Wildman–Crippen MR) is 237 cm³/mol. The lowest BCUT2D eigenvalue weighted by Crippen LogP contribution is -2.29. The summed E-state index contributed by atoms with van der Waals surface area (Å²) in [4.78, 5) is 9.15. The third-order valence-corrected chi connectivity index (χ3v) is 13.2. The van der Waals surface area contributed by atoms with Crippen molar-refractivity contribution in [3.8, 4) is 20.4 Å². The number of pyridine rings is 2. The van der Waals surface area contributed by atoms with Crippen LogP contribution in [0.3, 0.4) is 0 Å². The van der Waals surface area contributed by atoms with Gasteiger partial charge < -0.3 is 31.0 Å². The van der Waals surface area contributed by atoms with Crippen molar-refractivity contribution in [2.75, 3.05) is 11.5 Å². The molecule has 10 rings (SSSR count). The standard InChI is InChI=1S/C21H19N5OS.C16H14BrN3OS.C5H7BN2O2/c1-13-24-25-19-12-27-11-17-16(9-14-5-3-2-4-6-14)20(28-21(17)26(13)19)15-7-8-18(22)23-10-15;1-10-18-19-14-9-21-8-13-12(7-11-5-3-2-4-6-11)15(17)22-16(13)20(10)14;7-5-2-1-4(3-8-5)6(9)10/h2-8,10H,9,11-12H2,1H3,(H2,22,23);2-6H,7-9H2,1H3;1-3,9-10H,(H2,7,8). The van der Waals surface area contributed by atoms with Gasteiger partial charge in [0.25, 0.3) is 0 Å². The highest BCUT2D eigenvalue weighted by Crippen LogP contribution is 2.43. The predicted octanol–water partition coefficient (Wildman–Crippen LogP) is 6.27. The van der Waals surface area contributed by atoms with E-state index in [2.05, 4.69) is 104 Å². The Labute approximate surface area is 362 Å². The Bertz CT molecular complexity index is 2710. The molecule has 2 aliphatic heterocycles. The lowest BCUT2D eigenvalue weighted by molar-refractivity contribution is 0.104. The van der Waals surface area contributed by atoms with E-state index in [1.54, 1.807) is 22.7 Å². The maximum atomic E-state index is 8.59. The van der Waals surface area contributed by atoms with E-state index in [-0.39, 0.29) is 0 Å². The van der Waals surface area contributed by atoms with Gasteiger partial charge in [-0.2, -0.15) is 0 Å². The molecule has 6 aromatic heterocycles. The minimum Gasteiger partial charge on any atom is -0.423 e. The number of nitrogen functional groups attached to an aromatic ring is 2. The molecule has 2 aromatic carbocycles. The molecule has 0 fully saturated rings.